The molecule has 0 saturated heterocycles. The fourth-order valence-corrected chi connectivity index (χ4v) is 4.75. The number of benzene rings is 2. The normalized spacial score (nSPS) is 10.7. The Kier molecular flexibility index (Phi) is 13.9. The zero-order valence-electron chi connectivity index (χ0n) is 26.6. The molecule has 4 aromatic rings. The molecule has 4 rings (SSSR count). The Morgan fingerprint density at radius 1 is 0.395 bits per heavy atom. The molecule has 0 spiro atoms. The van der Waals surface area contributed by atoms with Gasteiger partial charge in [0.2, 0.25) is 0 Å². The van der Waals surface area contributed by atoms with Crippen molar-refractivity contribution in [2.75, 3.05) is 0 Å². The maximum atomic E-state index is 12.1. The number of hydrogen-bond donors (Lipinski definition) is 0. The first-order valence-corrected chi connectivity index (χ1v) is 14.9. The summed E-state index contributed by atoms with van der Waals surface area (Å²) in [6.07, 6.45) is 0. The Balaban J connectivity index is 0.000000293. The quantitative estimate of drug-likeness (QED) is 0.184. The van der Waals surface area contributed by atoms with E-state index in [9.17, 15) is 9.59 Å². The van der Waals surface area contributed by atoms with Crippen LogP contribution in [0.5, 0.6) is 0 Å². The summed E-state index contributed by atoms with van der Waals surface area (Å²) in [4.78, 5) is 24.2. The second-order valence-corrected chi connectivity index (χ2v) is 11.7. The molecule has 0 aliphatic rings. The molecule has 0 aliphatic carbocycles. The predicted molar refractivity (Wildman–Crippen MR) is 180 cm³/mol. The van der Waals surface area contributed by atoms with Crippen LogP contribution < -0.4 is 10.9 Å². The number of nitrogens with zero attached hydrogens (tertiary/aromatic N) is 2. The SMILES string of the molecule is CC(C)c1cccc(C(C)C)c1[N-]c1cccccc1=O.CC(C)c1cccc(C(C)C)c1[N-]c1cccccc1=O.[Ni+2]. The molecular formula is C38H44N2NiO2. The Hall–Kier alpha value is -3.69. The maximum Gasteiger partial charge on any atom is 2.00 e. The molecule has 228 valence electrons. The molecule has 4 aromatic carbocycles. The smallest absolute Gasteiger partial charge is 0.654 e. The van der Waals surface area contributed by atoms with E-state index in [4.69, 9.17) is 10.6 Å². The van der Waals surface area contributed by atoms with Gasteiger partial charge < -0.3 is 10.6 Å². The molecule has 0 aromatic heterocycles. The molecule has 0 radical (unpaired) electrons. The summed E-state index contributed by atoms with van der Waals surface area (Å²) in [7, 11) is 0. The molecule has 0 N–H and O–H groups in total. The molecule has 43 heavy (non-hydrogen) atoms. The van der Waals surface area contributed by atoms with Crippen LogP contribution in [0.15, 0.2) is 107 Å². The summed E-state index contributed by atoms with van der Waals surface area (Å²) in [5.74, 6) is 1.48. The third-order valence-corrected chi connectivity index (χ3v) is 7.10. The minimum absolute atomic E-state index is 0. The van der Waals surface area contributed by atoms with Crippen molar-refractivity contribution in [1.82, 2.24) is 0 Å². The molecule has 0 atom stereocenters. The second-order valence-electron chi connectivity index (χ2n) is 11.7. The van der Waals surface area contributed by atoms with Crippen molar-refractivity contribution in [2.45, 2.75) is 79.1 Å². The van der Waals surface area contributed by atoms with Gasteiger partial charge in [0.1, 0.15) is 0 Å². The number of para-hydroxylation sites is 2. The van der Waals surface area contributed by atoms with Gasteiger partial charge in [-0.3, -0.25) is 9.59 Å². The van der Waals surface area contributed by atoms with Crippen molar-refractivity contribution in [3.05, 3.63) is 150 Å². The summed E-state index contributed by atoms with van der Waals surface area (Å²) in [6, 6.07) is 30.1. The second kappa shape index (κ2) is 16.8. The van der Waals surface area contributed by atoms with Crippen LogP contribution in [0.4, 0.5) is 22.7 Å². The van der Waals surface area contributed by atoms with E-state index in [-0.39, 0.29) is 27.3 Å². The van der Waals surface area contributed by atoms with Crippen LogP contribution in [0.3, 0.4) is 0 Å². The van der Waals surface area contributed by atoms with Gasteiger partial charge >= 0.3 is 16.5 Å². The van der Waals surface area contributed by atoms with Gasteiger partial charge in [-0.05, 0) is 35.8 Å². The first kappa shape index (κ1) is 35.5. The van der Waals surface area contributed by atoms with Crippen LogP contribution >= 0.6 is 0 Å². The standard InChI is InChI=1S/2C19H23NO.Ni/c2*1-13(2)15-9-8-10-16(14(3)4)19(15)20-17-11-6-5-7-12-18(17)21;/h2*5-14H,1-4H3,(H,20,21);/q;;+2/p-2. The van der Waals surface area contributed by atoms with E-state index in [1.54, 1.807) is 36.4 Å². The average Bonchev–Trinajstić information content (AvgIpc) is 3.28. The molecule has 0 unspecified atom stereocenters. The van der Waals surface area contributed by atoms with Gasteiger partial charge in [-0.15, -0.1) is 11.4 Å². The van der Waals surface area contributed by atoms with Crippen LogP contribution in [0.2, 0.25) is 0 Å². The van der Waals surface area contributed by atoms with Crippen molar-refractivity contribution in [3.8, 4) is 0 Å². The third kappa shape index (κ3) is 9.66. The van der Waals surface area contributed by atoms with E-state index in [1.807, 2.05) is 24.3 Å². The first-order valence-electron chi connectivity index (χ1n) is 14.9. The zero-order chi connectivity index (χ0) is 30.8. The van der Waals surface area contributed by atoms with E-state index < -0.39 is 0 Å². The molecule has 5 heteroatoms. The Morgan fingerprint density at radius 2 is 0.674 bits per heavy atom. The van der Waals surface area contributed by atoms with E-state index in [1.165, 1.54) is 22.3 Å². The molecule has 4 nitrogen and oxygen atoms in total. The predicted octanol–water partition coefficient (Wildman–Crippen LogP) is 11.3. The largest absolute Gasteiger partial charge is 2.00 e. The molecule has 0 bridgehead atoms. The van der Waals surface area contributed by atoms with Crippen molar-refractivity contribution in [3.63, 3.8) is 0 Å². The summed E-state index contributed by atoms with van der Waals surface area (Å²) < 4.78 is 0. The van der Waals surface area contributed by atoms with Crippen molar-refractivity contribution >= 4 is 22.7 Å². The van der Waals surface area contributed by atoms with Gasteiger partial charge in [0.05, 0.1) is 0 Å². The Labute approximate surface area is 267 Å². The van der Waals surface area contributed by atoms with Crippen molar-refractivity contribution in [1.29, 1.82) is 0 Å². The summed E-state index contributed by atoms with van der Waals surface area (Å²) in [5.41, 5.74) is 7.54. The van der Waals surface area contributed by atoms with Gasteiger partial charge in [-0.25, -0.2) is 0 Å². The molecule has 0 amide bonds. The van der Waals surface area contributed by atoms with E-state index >= 15 is 0 Å². The minimum Gasteiger partial charge on any atom is -0.654 e. The van der Waals surface area contributed by atoms with Crippen LogP contribution in [-0.2, 0) is 16.5 Å². The summed E-state index contributed by atoms with van der Waals surface area (Å²) in [5, 5.41) is 9.42. The molecule has 0 saturated carbocycles. The van der Waals surface area contributed by atoms with Gasteiger partial charge in [-0.2, -0.15) is 0 Å². The summed E-state index contributed by atoms with van der Waals surface area (Å²) in [6.45, 7) is 17.2. The van der Waals surface area contributed by atoms with Crippen molar-refractivity contribution < 1.29 is 16.5 Å². The molecule has 0 aliphatic heterocycles. The van der Waals surface area contributed by atoms with E-state index in [0.29, 0.717) is 35.0 Å². The fourth-order valence-electron chi connectivity index (χ4n) is 4.75. The summed E-state index contributed by atoms with van der Waals surface area (Å²) >= 11 is 0. The van der Waals surface area contributed by atoms with Crippen LogP contribution in [0, 0.1) is 0 Å². The number of hydrogen-bond acceptors (Lipinski definition) is 2. The molecule has 0 fully saturated rings. The Morgan fingerprint density at radius 3 is 0.953 bits per heavy atom. The van der Waals surface area contributed by atoms with Gasteiger partial charge in [0, 0.05) is 0 Å². The van der Waals surface area contributed by atoms with E-state index in [0.717, 1.165) is 11.4 Å². The first-order chi connectivity index (χ1) is 20.0. The van der Waals surface area contributed by atoms with Crippen molar-refractivity contribution in [2.24, 2.45) is 0 Å². The van der Waals surface area contributed by atoms with Gasteiger partial charge in [-0.1, -0.05) is 174 Å². The van der Waals surface area contributed by atoms with E-state index in [2.05, 4.69) is 91.8 Å². The maximum absolute atomic E-state index is 12.1. The number of rotatable bonds is 8. The van der Waals surface area contributed by atoms with Gasteiger partial charge in [0.15, 0.2) is 10.9 Å². The molecule has 0 heterocycles. The van der Waals surface area contributed by atoms with Crippen LogP contribution in [0.25, 0.3) is 10.6 Å². The topological polar surface area (TPSA) is 62.3 Å². The molecular weight excluding hydrogens is 575 g/mol. The average molecular weight is 619 g/mol. The Bertz CT molecular complexity index is 1420. The monoisotopic (exact) mass is 618 g/mol. The minimum atomic E-state index is -0.0479. The van der Waals surface area contributed by atoms with Crippen LogP contribution in [0.1, 0.15) is 101 Å². The third-order valence-electron chi connectivity index (χ3n) is 7.10. The van der Waals surface area contributed by atoms with Crippen LogP contribution in [-0.4, -0.2) is 0 Å². The zero-order valence-corrected chi connectivity index (χ0v) is 27.6. The fraction of sp³-hybridized carbons (Fsp3) is 0.316. The van der Waals surface area contributed by atoms with Gasteiger partial charge in [0.25, 0.3) is 0 Å².